The van der Waals surface area contributed by atoms with Gasteiger partial charge in [0.05, 0.1) is 13.2 Å². The number of likely N-dealkylation sites (tertiary alicyclic amines) is 1. The van der Waals surface area contributed by atoms with E-state index in [0.29, 0.717) is 5.92 Å². The van der Waals surface area contributed by atoms with Crippen LogP contribution in [-0.2, 0) is 17.8 Å². The second-order valence-corrected chi connectivity index (χ2v) is 6.84. The maximum atomic E-state index is 10.7. The minimum absolute atomic E-state index is 0. The van der Waals surface area contributed by atoms with Crippen LogP contribution in [0.5, 0.6) is 5.75 Å². The lowest BCUT2D eigenvalue weighted by atomic mass is 9.97. The first kappa shape index (κ1) is 22.0. The quantitative estimate of drug-likeness (QED) is 0.837. The lowest BCUT2D eigenvalue weighted by Crippen LogP contribution is -2.38. The zero-order valence-electron chi connectivity index (χ0n) is 14.6. The van der Waals surface area contributed by atoms with Gasteiger partial charge in [-0.2, -0.15) is 0 Å². The molecule has 0 bridgehead atoms. The van der Waals surface area contributed by atoms with Crippen LogP contribution in [0.4, 0.5) is 0 Å². The van der Waals surface area contributed by atoms with Gasteiger partial charge in [-0.1, -0.05) is 6.07 Å². The van der Waals surface area contributed by atoms with E-state index >= 15 is 0 Å². The standard InChI is InChI=1S/C18H26N2O3.2ClH/c1-19-7-6-15-2-3-17(10-16(15)11-19)23-13-14-4-8-20(9-5-14)12-18(21)22;;/h2-3,10,14H,4-9,11-13H2,1H3,(H,21,22);2*1H. The van der Waals surface area contributed by atoms with Crippen LogP contribution in [0.2, 0.25) is 0 Å². The Bertz CT molecular complexity index is 563. The van der Waals surface area contributed by atoms with E-state index in [1.165, 1.54) is 11.1 Å². The lowest BCUT2D eigenvalue weighted by molar-refractivity contribution is -0.138. The molecule has 0 amide bonds. The number of halogens is 2. The molecule has 1 saturated heterocycles. The summed E-state index contributed by atoms with van der Waals surface area (Å²) in [6.07, 6.45) is 3.15. The Morgan fingerprint density at radius 3 is 2.60 bits per heavy atom. The molecule has 25 heavy (non-hydrogen) atoms. The Balaban J connectivity index is 0.00000156. The van der Waals surface area contributed by atoms with Gasteiger partial charge in [-0.05, 0) is 68.6 Å². The number of aliphatic carboxylic acids is 1. The fourth-order valence-corrected chi connectivity index (χ4v) is 3.48. The van der Waals surface area contributed by atoms with Crippen LogP contribution >= 0.6 is 24.8 Å². The first-order valence-electron chi connectivity index (χ1n) is 8.47. The van der Waals surface area contributed by atoms with E-state index in [0.717, 1.165) is 57.8 Å². The van der Waals surface area contributed by atoms with Crippen molar-refractivity contribution in [3.8, 4) is 5.75 Å². The highest BCUT2D eigenvalue weighted by molar-refractivity contribution is 5.85. The molecular formula is C18H28Cl2N2O3. The summed E-state index contributed by atoms with van der Waals surface area (Å²) >= 11 is 0. The lowest BCUT2D eigenvalue weighted by Gasteiger charge is -2.30. The molecule has 2 aliphatic rings. The smallest absolute Gasteiger partial charge is 0.317 e. The normalized spacial score (nSPS) is 18.6. The van der Waals surface area contributed by atoms with E-state index < -0.39 is 5.97 Å². The van der Waals surface area contributed by atoms with Gasteiger partial charge in [0.15, 0.2) is 0 Å². The summed E-state index contributed by atoms with van der Waals surface area (Å²) in [6, 6.07) is 6.47. The first-order valence-corrected chi connectivity index (χ1v) is 8.47. The van der Waals surface area contributed by atoms with Gasteiger partial charge < -0.3 is 14.7 Å². The van der Waals surface area contributed by atoms with Gasteiger partial charge >= 0.3 is 5.97 Å². The molecule has 1 N–H and O–H groups in total. The van der Waals surface area contributed by atoms with Gasteiger partial charge in [0, 0.05) is 13.1 Å². The number of carbonyl (C=O) groups is 1. The summed E-state index contributed by atoms with van der Waals surface area (Å²) in [7, 11) is 2.15. The number of likely N-dealkylation sites (N-methyl/N-ethyl adjacent to an activating group) is 1. The molecule has 5 nitrogen and oxygen atoms in total. The van der Waals surface area contributed by atoms with Crippen LogP contribution in [-0.4, -0.2) is 60.7 Å². The first-order chi connectivity index (χ1) is 11.1. The number of rotatable bonds is 5. The maximum absolute atomic E-state index is 10.7. The minimum atomic E-state index is -0.737. The van der Waals surface area contributed by atoms with Crippen LogP contribution < -0.4 is 4.74 Å². The molecule has 2 aliphatic heterocycles. The Kier molecular flexibility index (Phi) is 9.00. The average molecular weight is 391 g/mol. The fourth-order valence-electron chi connectivity index (χ4n) is 3.48. The number of hydrogen-bond acceptors (Lipinski definition) is 4. The minimum Gasteiger partial charge on any atom is -0.493 e. The topological polar surface area (TPSA) is 53.0 Å². The summed E-state index contributed by atoms with van der Waals surface area (Å²) < 4.78 is 6.01. The van der Waals surface area contributed by atoms with E-state index in [1.807, 2.05) is 4.90 Å². The molecule has 2 heterocycles. The van der Waals surface area contributed by atoms with E-state index in [4.69, 9.17) is 9.84 Å². The van der Waals surface area contributed by atoms with Crippen molar-refractivity contribution in [1.82, 2.24) is 9.80 Å². The monoisotopic (exact) mass is 390 g/mol. The SMILES string of the molecule is CN1CCc2ccc(OCC3CCN(CC(=O)O)CC3)cc2C1.Cl.Cl. The van der Waals surface area contributed by atoms with E-state index in [-0.39, 0.29) is 31.4 Å². The van der Waals surface area contributed by atoms with Crippen molar-refractivity contribution < 1.29 is 14.6 Å². The van der Waals surface area contributed by atoms with E-state index in [2.05, 4.69) is 30.1 Å². The van der Waals surface area contributed by atoms with Gasteiger partial charge in [-0.3, -0.25) is 9.69 Å². The summed E-state index contributed by atoms with van der Waals surface area (Å²) in [4.78, 5) is 15.1. The molecule has 0 atom stereocenters. The predicted octanol–water partition coefficient (Wildman–Crippen LogP) is 2.69. The molecule has 1 aromatic carbocycles. The van der Waals surface area contributed by atoms with Gasteiger partial charge in [0.25, 0.3) is 0 Å². The zero-order chi connectivity index (χ0) is 16.2. The summed E-state index contributed by atoms with van der Waals surface area (Å²) in [5.74, 6) is 0.754. The molecule has 7 heteroatoms. The van der Waals surface area contributed by atoms with Gasteiger partial charge in [-0.15, -0.1) is 24.8 Å². The number of fused-ring (bicyclic) bond motifs is 1. The Labute approximate surface area is 162 Å². The van der Waals surface area contributed by atoms with Crippen molar-refractivity contribution in [2.45, 2.75) is 25.8 Å². The third kappa shape index (κ3) is 6.33. The summed E-state index contributed by atoms with van der Waals surface area (Å²) in [5, 5.41) is 8.83. The van der Waals surface area contributed by atoms with Crippen molar-refractivity contribution in [2.24, 2.45) is 5.92 Å². The largest absolute Gasteiger partial charge is 0.493 e. The molecule has 0 aliphatic carbocycles. The molecule has 0 spiro atoms. The Morgan fingerprint density at radius 2 is 1.92 bits per heavy atom. The number of piperidine rings is 1. The second kappa shape index (κ2) is 10.2. The zero-order valence-corrected chi connectivity index (χ0v) is 16.3. The van der Waals surface area contributed by atoms with Crippen LogP contribution in [0.3, 0.4) is 0 Å². The molecule has 0 aromatic heterocycles. The van der Waals surface area contributed by atoms with Gasteiger partial charge in [-0.25, -0.2) is 0 Å². The Morgan fingerprint density at radius 1 is 1.20 bits per heavy atom. The molecule has 0 saturated carbocycles. The highest BCUT2D eigenvalue weighted by atomic mass is 35.5. The predicted molar refractivity (Wildman–Crippen MR) is 103 cm³/mol. The molecule has 1 fully saturated rings. The third-order valence-corrected chi connectivity index (χ3v) is 4.93. The molecule has 1 aromatic rings. The van der Waals surface area contributed by atoms with E-state index in [1.54, 1.807) is 0 Å². The molecule has 3 rings (SSSR count). The molecule has 0 radical (unpaired) electrons. The third-order valence-electron chi connectivity index (χ3n) is 4.93. The van der Waals surface area contributed by atoms with Gasteiger partial charge in [0.2, 0.25) is 0 Å². The molecule has 142 valence electrons. The fraction of sp³-hybridized carbons (Fsp3) is 0.611. The summed E-state index contributed by atoms with van der Waals surface area (Å²) in [6.45, 7) is 4.73. The van der Waals surface area contributed by atoms with Crippen LogP contribution in [0.15, 0.2) is 18.2 Å². The Hall–Kier alpha value is -1.01. The number of hydrogen-bond donors (Lipinski definition) is 1. The number of carboxylic acids is 1. The van der Waals surface area contributed by atoms with Gasteiger partial charge in [0.1, 0.15) is 5.75 Å². The molecule has 0 unspecified atom stereocenters. The van der Waals surface area contributed by atoms with Crippen molar-refractivity contribution in [3.05, 3.63) is 29.3 Å². The number of benzene rings is 1. The van der Waals surface area contributed by atoms with Crippen molar-refractivity contribution in [3.63, 3.8) is 0 Å². The number of carboxylic acid groups (broad SMARTS) is 1. The second-order valence-electron chi connectivity index (χ2n) is 6.84. The highest BCUT2D eigenvalue weighted by Gasteiger charge is 2.21. The average Bonchev–Trinajstić information content (AvgIpc) is 2.53. The van der Waals surface area contributed by atoms with Crippen LogP contribution in [0, 0.1) is 5.92 Å². The van der Waals surface area contributed by atoms with Crippen molar-refractivity contribution in [1.29, 1.82) is 0 Å². The number of nitrogens with zero attached hydrogens (tertiary/aromatic N) is 2. The summed E-state index contributed by atoms with van der Waals surface area (Å²) in [5.41, 5.74) is 2.82. The van der Waals surface area contributed by atoms with Crippen molar-refractivity contribution >= 4 is 30.8 Å². The maximum Gasteiger partial charge on any atom is 0.317 e. The number of ether oxygens (including phenoxy) is 1. The van der Waals surface area contributed by atoms with Crippen LogP contribution in [0.1, 0.15) is 24.0 Å². The highest BCUT2D eigenvalue weighted by Crippen LogP contribution is 2.25. The van der Waals surface area contributed by atoms with E-state index in [9.17, 15) is 4.79 Å². The van der Waals surface area contributed by atoms with Crippen LogP contribution in [0.25, 0.3) is 0 Å². The van der Waals surface area contributed by atoms with Crippen molar-refractivity contribution in [2.75, 3.05) is 39.8 Å². The molecular weight excluding hydrogens is 363 g/mol.